The standard InChI is InChI=1S/C11H10O3.C2H6/c12-10(6-7-11(13)14)8-9-4-2-1-3-5-9;1-2/h1-7H,8H2,(H,13,14);1-2H3/b7-6-;. The van der Waals surface area contributed by atoms with Gasteiger partial charge in [-0.05, 0) is 11.6 Å². The topological polar surface area (TPSA) is 54.4 Å². The number of carbonyl (C=O) groups is 2. The molecule has 86 valence electrons. The van der Waals surface area contributed by atoms with Crippen molar-refractivity contribution in [2.45, 2.75) is 20.3 Å². The van der Waals surface area contributed by atoms with Crippen LogP contribution in [0, 0.1) is 0 Å². The van der Waals surface area contributed by atoms with E-state index in [1.54, 1.807) is 0 Å². The lowest BCUT2D eigenvalue weighted by Gasteiger charge is -1.95. The zero-order chi connectivity index (χ0) is 12.4. The van der Waals surface area contributed by atoms with E-state index in [1.165, 1.54) is 0 Å². The molecule has 3 heteroatoms. The molecule has 0 spiro atoms. The third-order valence-corrected chi connectivity index (χ3v) is 1.63. The van der Waals surface area contributed by atoms with Gasteiger partial charge in [-0.15, -0.1) is 0 Å². The van der Waals surface area contributed by atoms with Crippen LogP contribution in [-0.2, 0) is 16.0 Å². The van der Waals surface area contributed by atoms with Gasteiger partial charge in [-0.1, -0.05) is 44.2 Å². The minimum absolute atomic E-state index is 0.210. The Hall–Kier alpha value is -1.90. The van der Waals surface area contributed by atoms with Crippen molar-refractivity contribution < 1.29 is 14.7 Å². The first-order valence-electron chi connectivity index (χ1n) is 5.16. The molecule has 0 aliphatic rings. The van der Waals surface area contributed by atoms with Crippen molar-refractivity contribution in [1.29, 1.82) is 0 Å². The number of carboxylic acids is 1. The highest BCUT2D eigenvalue weighted by Crippen LogP contribution is 2.00. The highest BCUT2D eigenvalue weighted by molar-refractivity contribution is 5.96. The molecule has 0 saturated carbocycles. The first kappa shape index (κ1) is 14.1. The van der Waals surface area contributed by atoms with Crippen LogP contribution >= 0.6 is 0 Å². The van der Waals surface area contributed by atoms with Crippen molar-refractivity contribution in [1.82, 2.24) is 0 Å². The van der Waals surface area contributed by atoms with Gasteiger partial charge in [0.15, 0.2) is 5.78 Å². The zero-order valence-electron chi connectivity index (χ0n) is 9.51. The van der Waals surface area contributed by atoms with E-state index >= 15 is 0 Å². The predicted octanol–water partition coefficient (Wildman–Crippen LogP) is 2.47. The second-order valence-electron chi connectivity index (χ2n) is 2.80. The third kappa shape index (κ3) is 6.54. The second kappa shape index (κ2) is 8.41. The molecule has 0 fully saturated rings. The van der Waals surface area contributed by atoms with Crippen molar-refractivity contribution in [2.75, 3.05) is 0 Å². The number of ketones is 1. The van der Waals surface area contributed by atoms with E-state index in [1.807, 2.05) is 44.2 Å². The van der Waals surface area contributed by atoms with Crippen molar-refractivity contribution in [3.63, 3.8) is 0 Å². The Morgan fingerprint density at radius 3 is 2.19 bits per heavy atom. The molecule has 1 aromatic carbocycles. The van der Waals surface area contributed by atoms with Crippen molar-refractivity contribution in [2.24, 2.45) is 0 Å². The molecule has 0 unspecified atom stereocenters. The Balaban J connectivity index is 0.00000106. The molecular formula is C13H16O3. The van der Waals surface area contributed by atoms with Crippen LogP contribution < -0.4 is 0 Å². The lowest BCUT2D eigenvalue weighted by molar-refractivity contribution is -0.131. The molecular weight excluding hydrogens is 204 g/mol. The molecule has 0 amide bonds. The summed E-state index contributed by atoms with van der Waals surface area (Å²) in [5.41, 5.74) is 0.882. The van der Waals surface area contributed by atoms with E-state index in [-0.39, 0.29) is 12.2 Å². The number of aliphatic carboxylic acids is 1. The third-order valence-electron chi connectivity index (χ3n) is 1.63. The number of hydrogen-bond donors (Lipinski definition) is 1. The van der Waals surface area contributed by atoms with Gasteiger partial charge in [0.1, 0.15) is 0 Å². The zero-order valence-corrected chi connectivity index (χ0v) is 9.51. The van der Waals surface area contributed by atoms with E-state index in [0.717, 1.165) is 17.7 Å². The van der Waals surface area contributed by atoms with Gasteiger partial charge in [0.2, 0.25) is 0 Å². The number of allylic oxidation sites excluding steroid dienone is 1. The Kier molecular flexibility index (Phi) is 7.41. The molecule has 0 bridgehead atoms. The van der Waals surface area contributed by atoms with E-state index in [2.05, 4.69) is 0 Å². The summed E-state index contributed by atoms with van der Waals surface area (Å²) in [6, 6.07) is 9.19. The molecule has 3 nitrogen and oxygen atoms in total. The van der Waals surface area contributed by atoms with Crippen molar-refractivity contribution >= 4 is 11.8 Å². The van der Waals surface area contributed by atoms with E-state index < -0.39 is 5.97 Å². The fraction of sp³-hybridized carbons (Fsp3) is 0.231. The maximum Gasteiger partial charge on any atom is 0.328 e. The van der Waals surface area contributed by atoms with Crippen molar-refractivity contribution in [3.05, 3.63) is 48.0 Å². The van der Waals surface area contributed by atoms with Crippen LogP contribution in [0.5, 0.6) is 0 Å². The maximum atomic E-state index is 11.2. The van der Waals surface area contributed by atoms with Gasteiger partial charge in [-0.2, -0.15) is 0 Å². The lowest BCUT2D eigenvalue weighted by Crippen LogP contribution is -1.99. The smallest absolute Gasteiger partial charge is 0.328 e. The quantitative estimate of drug-likeness (QED) is 0.793. The minimum atomic E-state index is -1.11. The maximum absolute atomic E-state index is 11.2. The Bertz CT molecular complexity index is 353. The van der Waals surface area contributed by atoms with Crippen LogP contribution in [-0.4, -0.2) is 16.9 Å². The number of benzene rings is 1. The van der Waals surface area contributed by atoms with Gasteiger partial charge in [0.25, 0.3) is 0 Å². The van der Waals surface area contributed by atoms with Crippen LogP contribution in [0.1, 0.15) is 19.4 Å². The van der Waals surface area contributed by atoms with Crippen LogP contribution in [0.4, 0.5) is 0 Å². The van der Waals surface area contributed by atoms with Crippen LogP contribution in [0.25, 0.3) is 0 Å². The van der Waals surface area contributed by atoms with E-state index in [0.29, 0.717) is 0 Å². The fourth-order valence-electron chi connectivity index (χ4n) is 1.02. The molecule has 0 aliphatic carbocycles. The lowest BCUT2D eigenvalue weighted by atomic mass is 10.1. The monoisotopic (exact) mass is 220 g/mol. The molecule has 0 heterocycles. The molecule has 0 radical (unpaired) electrons. The summed E-state index contributed by atoms with van der Waals surface area (Å²) < 4.78 is 0. The summed E-state index contributed by atoms with van der Waals surface area (Å²) in [5, 5.41) is 8.29. The normalized spacial score (nSPS) is 9.38. The Morgan fingerprint density at radius 1 is 1.12 bits per heavy atom. The SMILES string of the molecule is CC.O=C(O)/C=C\C(=O)Cc1ccccc1. The molecule has 0 aliphatic heterocycles. The number of carboxylic acid groups (broad SMARTS) is 1. The number of hydrogen-bond acceptors (Lipinski definition) is 2. The highest BCUT2D eigenvalue weighted by Gasteiger charge is 1.99. The molecule has 1 rings (SSSR count). The average Bonchev–Trinajstić information content (AvgIpc) is 2.30. The average molecular weight is 220 g/mol. The van der Waals surface area contributed by atoms with Crippen LogP contribution in [0.3, 0.4) is 0 Å². The first-order valence-corrected chi connectivity index (χ1v) is 5.16. The summed E-state index contributed by atoms with van der Waals surface area (Å²) in [7, 11) is 0. The summed E-state index contributed by atoms with van der Waals surface area (Å²) in [6.45, 7) is 4.00. The molecule has 16 heavy (non-hydrogen) atoms. The van der Waals surface area contributed by atoms with Gasteiger partial charge >= 0.3 is 5.97 Å². The summed E-state index contributed by atoms with van der Waals surface area (Å²) >= 11 is 0. The molecule has 0 atom stereocenters. The molecule has 1 aromatic rings. The largest absolute Gasteiger partial charge is 0.478 e. The minimum Gasteiger partial charge on any atom is -0.478 e. The summed E-state index contributed by atoms with van der Waals surface area (Å²) in [4.78, 5) is 21.3. The summed E-state index contributed by atoms with van der Waals surface area (Å²) in [6.07, 6.45) is 2.17. The second-order valence-corrected chi connectivity index (χ2v) is 2.80. The van der Waals surface area contributed by atoms with Gasteiger partial charge in [0, 0.05) is 12.5 Å². The predicted molar refractivity (Wildman–Crippen MR) is 63.3 cm³/mol. The Morgan fingerprint density at radius 2 is 1.69 bits per heavy atom. The van der Waals surface area contributed by atoms with E-state index in [4.69, 9.17) is 5.11 Å². The van der Waals surface area contributed by atoms with Gasteiger partial charge in [0.05, 0.1) is 0 Å². The first-order chi connectivity index (χ1) is 7.68. The van der Waals surface area contributed by atoms with Gasteiger partial charge in [-0.25, -0.2) is 4.79 Å². The van der Waals surface area contributed by atoms with Gasteiger partial charge < -0.3 is 5.11 Å². The van der Waals surface area contributed by atoms with E-state index in [9.17, 15) is 9.59 Å². The van der Waals surface area contributed by atoms with Crippen LogP contribution in [0.2, 0.25) is 0 Å². The molecule has 1 N–H and O–H groups in total. The fourth-order valence-corrected chi connectivity index (χ4v) is 1.02. The van der Waals surface area contributed by atoms with Crippen LogP contribution in [0.15, 0.2) is 42.5 Å². The number of carbonyl (C=O) groups excluding carboxylic acids is 1. The summed E-state index contributed by atoms with van der Waals surface area (Å²) in [5.74, 6) is -1.31. The molecule has 0 saturated heterocycles. The Labute approximate surface area is 95.4 Å². The van der Waals surface area contributed by atoms with Crippen molar-refractivity contribution in [3.8, 4) is 0 Å². The highest BCUT2D eigenvalue weighted by atomic mass is 16.4. The molecule has 0 aromatic heterocycles. The number of rotatable bonds is 4. The van der Waals surface area contributed by atoms with Gasteiger partial charge in [-0.3, -0.25) is 4.79 Å².